The van der Waals surface area contributed by atoms with Gasteiger partial charge in [0, 0.05) is 50.7 Å². The molecule has 14 aliphatic rings. The van der Waals surface area contributed by atoms with Crippen molar-refractivity contribution >= 4 is 26.5 Å². The van der Waals surface area contributed by atoms with Crippen LogP contribution < -0.4 is 29.6 Å². The maximum atomic E-state index is 12.7. The average molecular weight is 1260 g/mol. The fourth-order valence-electron chi connectivity index (χ4n) is 26.7. The maximum Gasteiger partial charge on any atom is 1.00 e. The van der Waals surface area contributed by atoms with Gasteiger partial charge in [0.25, 0.3) is 0 Å². The number of aldehydes is 1. The number of rotatable bonds is 9. The Morgan fingerprint density at radius 1 is 0.611 bits per heavy atom. The van der Waals surface area contributed by atoms with Crippen LogP contribution in [0.3, 0.4) is 0 Å². The van der Waals surface area contributed by atoms with E-state index in [1.54, 1.807) is 0 Å². The predicted octanol–water partition coefficient (Wildman–Crippen LogP) is 7.53. The van der Waals surface area contributed by atoms with E-state index < -0.39 is 12.2 Å². The van der Waals surface area contributed by atoms with Crippen molar-refractivity contribution in [2.75, 3.05) is 60.0 Å². The van der Waals surface area contributed by atoms with E-state index in [1.165, 1.54) is 64.2 Å². The van der Waals surface area contributed by atoms with Crippen molar-refractivity contribution in [3.8, 4) is 0 Å². The van der Waals surface area contributed by atoms with Crippen molar-refractivity contribution in [1.29, 1.82) is 5.26 Å². The number of amides is 2. The molecule has 10 saturated carbocycles. The third kappa shape index (κ3) is 10.00. The standard InChI is InChI=1S/C37H62N2O5.C35H55NO6.CN.B.Na/c1-22(2)32(41)39-16-17-42-28(20-39)44-27-12-13-36-21-37(36)15-14-34(6)29-23(3)18-24(19-38(8)9)43-30(29)31(40)35(34,7)26(37)11-10-25(36)33(27,4)5;1-20(2)30(39)36-14-15-40-26(17-36)42-25-10-11-34-19-35(34)13-12-32(6)27-21(3)16-22(18-37)41-28(27)29(38)33(32,7)24(35)9-8-23(34)31(25,4)5;1-2;;/h22-31,40H,10-21H2,1-9H3;18,20-29,38H,8-17,19H2,1-7H3;;;/q;;-1;;+1/t23-,24-,25+,26+,27+,28+,29+,30+,31+,34-,35-,36-,37+;21-,22-,23+,24+,25+,26+,27+,28+,29+,32-,33-,34-,35+;;;/m11.../s1. The molecule has 4 saturated heterocycles. The summed E-state index contributed by atoms with van der Waals surface area (Å²) in [6.45, 7) is 41.4. The Kier molecular flexibility index (Phi) is 19.6. The number of ether oxygens (including phenoxy) is 6. The van der Waals surface area contributed by atoms with E-state index in [0.717, 1.165) is 51.4 Å². The van der Waals surface area contributed by atoms with Gasteiger partial charge in [0.2, 0.25) is 11.8 Å². The van der Waals surface area contributed by atoms with Crippen molar-refractivity contribution in [1.82, 2.24) is 14.7 Å². The number of fused-ring (bicyclic) bond motifs is 8. The maximum absolute atomic E-state index is 12.7. The van der Waals surface area contributed by atoms with Crippen LogP contribution in [0.25, 0.3) is 0 Å². The Balaban J connectivity index is 0.000000189. The van der Waals surface area contributed by atoms with Gasteiger partial charge in [-0.3, -0.25) is 9.59 Å². The normalized spacial score (nSPS) is 51.0. The summed E-state index contributed by atoms with van der Waals surface area (Å²) in [6, 6.07) is 0. The third-order valence-corrected chi connectivity index (χ3v) is 30.6. The minimum absolute atomic E-state index is 0. The molecule has 0 aromatic heterocycles. The minimum Gasteiger partial charge on any atom is -0.512 e. The number of hydrogen-bond donors (Lipinski definition) is 2. The van der Waals surface area contributed by atoms with Crippen LogP contribution in [0.4, 0.5) is 0 Å². The fourth-order valence-corrected chi connectivity index (χ4v) is 26.7. The number of aliphatic hydroxyl groups is 2. The topological polar surface area (TPSA) is 181 Å². The van der Waals surface area contributed by atoms with Gasteiger partial charge in [0.05, 0.1) is 69.0 Å². The molecule has 499 valence electrons. The number of carbonyl (C=O) groups excluding carboxylic acids is 3. The van der Waals surface area contributed by atoms with Gasteiger partial charge in [-0.25, -0.2) is 0 Å². The first-order chi connectivity index (χ1) is 41.4. The molecule has 15 nitrogen and oxygen atoms in total. The first kappa shape index (κ1) is 71.6. The summed E-state index contributed by atoms with van der Waals surface area (Å²) in [4.78, 5) is 43.3. The number of hydrogen-bond acceptors (Lipinski definition) is 13. The Morgan fingerprint density at radius 2 is 1.00 bits per heavy atom. The van der Waals surface area contributed by atoms with E-state index >= 15 is 0 Å². The molecular weight excluding hydrogens is 1140 g/mol. The van der Waals surface area contributed by atoms with Crippen LogP contribution in [0.1, 0.15) is 200 Å². The number of nitrogens with zero attached hydrogens (tertiary/aromatic N) is 4. The SMILES string of the molecule is CC(C)C(=O)N1CCO[C@@H](O[C@H]2CC[C@]34C[C@]35CC[C@]3(C)[C@@H]6[C@H](O[C@@H](C=O)C[C@H]6C)[C@H](O)[C@@]3(C)[C@@H]5CC[C@H]4C2(C)C)C1.CC(C)C(=O)N1CCO[C@@H](O[C@H]2CC[C@]34C[C@]35CC[C@]3(C)[C@@H]6[C@H](O[C@@H](CN(C)C)C[C@H]6C)[C@H](O)[C@@]3(C)[C@@H]5CC[C@H]4C2(C)C)C1.[B].[C-]#N.[Na+]. The molecule has 3 radical (unpaired) electrons. The summed E-state index contributed by atoms with van der Waals surface area (Å²) < 4.78 is 39.0. The zero-order valence-corrected chi connectivity index (χ0v) is 60.8. The molecule has 90 heavy (non-hydrogen) atoms. The second-order valence-electron chi connectivity index (χ2n) is 35.3. The number of likely N-dealkylation sites (N-methyl/N-ethyl adjacent to an activating group) is 1. The second-order valence-corrected chi connectivity index (χ2v) is 35.3. The molecule has 26 atom stereocenters. The first-order valence-corrected chi connectivity index (χ1v) is 35.5. The molecule has 14 rings (SSSR count). The largest absolute Gasteiger partial charge is 1.00 e. The van der Waals surface area contributed by atoms with Crippen LogP contribution in [-0.2, 0) is 42.8 Å². The zero-order valence-electron chi connectivity index (χ0n) is 58.8. The summed E-state index contributed by atoms with van der Waals surface area (Å²) in [5.74, 6) is 4.28. The van der Waals surface area contributed by atoms with Crippen molar-refractivity contribution in [3.63, 3.8) is 0 Å². The van der Waals surface area contributed by atoms with Crippen molar-refractivity contribution in [3.05, 3.63) is 6.57 Å². The predicted molar refractivity (Wildman–Crippen MR) is 340 cm³/mol. The van der Waals surface area contributed by atoms with E-state index in [-0.39, 0.29) is 149 Å². The van der Waals surface area contributed by atoms with Crippen LogP contribution in [0.5, 0.6) is 0 Å². The summed E-state index contributed by atoms with van der Waals surface area (Å²) in [5, 5.41) is 30.8. The summed E-state index contributed by atoms with van der Waals surface area (Å²) in [7, 11) is 4.27. The van der Waals surface area contributed by atoms with Crippen LogP contribution in [0.2, 0.25) is 0 Å². The van der Waals surface area contributed by atoms with E-state index in [0.29, 0.717) is 103 Å². The van der Waals surface area contributed by atoms with Gasteiger partial charge in [-0.05, 0) is 207 Å². The molecule has 0 bridgehead atoms. The quantitative estimate of drug-likeness (QED) is 0.132. The number of carbonyl (C=O) groups is 3. The average Bonchev–Trinajstić information content (AvgIpc) is 1.47. The van der Waals surface area contributed by atoms with Crippen LogP contribution in [-0.4, -0.2) is 173 Å². The van der Waals surface area contributed by atoms with Gasteiger partial charge in [-0.2, -0.15) is 0 Å². The Labute approximate surface area is 566 Å². The molecular formula is C73H117BN4NaO11. The molecule has 2 amide bonds. The van der Waals surface area contributed by atoms with Gasteiger partial charge >= 0.3 is 29.6 Å². The summed E-state index contributed by atoms with van der Waals surface area (Å²) in [6.07, 6.45) is 17.8. The first-order valence-electron chi connectivity index (χ1n) is 35.5. The minimum atomic E-state index is -0.526. The van der Waals surface area contributed by atoms with Crippen LogP contribution >= 0.6 is 0 Å². The van der Waals surface area contributed by atoms with Crippen LogP contribution in [0, 0.1) is 125 Å². The fraction of sp³-hybridized carbons (Fsp3) is 0.945. The van der Waals surface area contributed by atoms with Gasteiger partial charge in [-0.1, -0.05) is 96.9 Å². The molecule has 10 aliphatic carbocycles. The molecule has 0 unspecified atom stereocenters. The molecule has 4 spiro atoms. The molecule has 4 aliphatic heterocycles. The third-order valence-electron chi connectivity index (χ3n) is 30.6. The molecule has 17 heteroatoms. The van der Waals surface area contributed by atoms with Crippen molar-refractivity contribution < 1.29 is 82.6 Å². The van der Waals surface area contributed by atoms with E-state index in [2.05, 4.69) is 88.2 Å². The summed E-state index contributed by atoms with van der Waals surface area (Å²) >= 11 is 0. The van der Waals surface area contributed by atoms with Gasteiger partial charge in [-0.15, -0.1) is 0 Å². The Hall–Kier alpha value is -1.20. The molecule has 2 N–H and O–H groups in total. The molecule has 4 heterocycles. The van der Waals surface area contributed by atoms with Crippen molar-refractivity contribution in [2.45, 2.75) is 261 Å². The van der Waals surface area contributed by atoms with E-state index in [1.807, 2.05) is 37.5 Å². The Morgan fingerprint density at radius 3 is 1.40 bits per heavy atom. The second kappa shape index (κ2) is 24.7. The molecule has 0 aromatic carbocycles. The van der Waals surface area contributed by atoms with Gasteiger partial charge < -0.3 is 70.0 Å². The van der Waals surface area contributed by atoms with Crippen molar-refractivity contribution in [2.24, 2.45) is 113 Å². The zero-order chi connectivity index (χ0) is 63.6. The Bertz CT molecular complexity index is 2680. The number of morpholine rings is 2. The summed E-state index contributed by atoms with van der Waals surface area (Å²) in [5.41, 5.74) is 1.18. The van der Waals surface area contributed by atoms with Crippen LogP contribution in [0.15, 0.2) is 0 Å². The van der Waals surface area contributed by atoms with Gasteiger partial charge in [0.1, 0.15) is 12.4 Å². The van der Waals surface area contributed by atoms with E-state index in [9.17, 15) is 24.6 Å². The molecule has 14 fully saturated rings. The van der Waals surface area contributed by atoms with E-state index in [4.69, 9.17) is 40.3 Å². The smallest absolute Gasteiger partial charge is 0.512 e. The number of aliphatic hydroxyl groups excluding tert-OH is 2. The van der Waals surface area contributed by atoms with Gasteiger partial charge in [0.15, 0.2) is 12.6 Å². The monoisotopic (exact) mass is 1260 g/mol. The molecule has 0 aromatic rings.